The largest absolute Gasteiger partial charge is 0.367 e. The van der Waals surface area contributed by atoms with E-state index in [9.17, 15) is 8.78 Å². The molecule has 1 aromatic heterocycles. The molecule has 6 heteroatoms. The summed E-state index contributed by atoms with van der Waals surface area (Å²) in [6.45, 7) is 0.105. The summed E-state index contributed by atoms with van der Waals surface area (Å²) in [6, 6.07) is 3.26. The van der Waals surface area contributed by atoms with Crippen LogP contribution in [-0.2, 0) is 6.54 Å². The predicted molar refractivity (Wildman–Crippen MR) is 49.9 cm³/mol. The summed E-state index contributed by atoms with van der Waals surface area (Å²) >= 11 is 0. The Kier molecular flexibility index (Phi) is 2.32. The molecule has 0 saturated carbocycles. The van der Waals surface area contributed by atoms with Gasteiger partial charge in [0.2, 0.25) is 5.95 Å². The number of hydrogen-bond donors (Lipinski definition) is 1. The Hall–Kier alpha value is -1.98. The van der Waals surface area contributed by atoms with Crippen LogP contribution in [0.25, 0.3) is 0 Å². The molecule has 0 amide bonds. The van der Waals surface area contributed by atoms with Gasteiger partial charge in [-0.25, -0.2) is 18.4 Å². The zero-order chi connectivity index (χ0) is 10.8. The van der Waals surface area contributed by atoms with Gasteiger partial charge in [0, 0.05) is 5.56 Å². The number of benzene rings is 1. The Balaban J connectivity index is 2.27. The van der Waals surface area contributed by atoms with Crippen molar-refractivity contribution in [3.63, 3.8) is 0 Å². The molecule has 0 saturated heterocycles. The number of nitrogens with zero attached hydrogens (tertiary/aromatic N) is 3. The zero-order valence-electron chi connectivity index (χ0n) is 7.69. The maximum atomic E-state index is 13.2. The summed E-state index contributed by atoms with van der Waals surface area (Å²) < 4.78 is 27.4. The SMILES string of the molecule is Nc1ncn(Cc2cc(F)ccc2F)n1. The molecule has 2 aromatic rings. The molecule has 1 heterocycles. The van der Waals surface area contributed by atoms with Gasteiger partial charge >= 0.3 is 0 Å². The molecule has 0 aliphatic rings. The van der Waals surface area contributed by atoms with Gasteiger partial charge in [0.05, 0.1) is 6.54 Å². The highest BCUT2D eigenvalue weighted by Gasteiger charge is 2.05. The van der Waals surface area contributed by atoms with E-state index in [2.05, 4.69) is 10.1 Å². The van der Waals surface area contributed by atoms with Crippen molar-refractivity contribution in [3.8, 4) is 0 Å². The van der Waals surface area contributed by atoms with Crippen LogP contribution < -0.4 is 5.73 Å². The lowest BCUT2D eigenvalue weighted by Gasteiger charge is -2.02. The third-order valence-electron chi connectivity index (χ3n) is 1.89. The van der Waals surface area contributed by atoms with E-state index in [0.717, 1.165) is 18.2 Å². The van der Waals surface area contributed by atoms with Gasteiger partial charge in [0.1, 0.15) is 18.0 Å². The Bertz CT molecular complexity index is 481. The van der Waals surface area contributed by atoms with Crippen LogP contribution in [0.1, 0.15) is 5.56 Å². The lowest BCUT2D eigenvalue weighted by Crippen LogP contribution is -2.03. The molecule has 2 N–H and O–H groups in total. The summed E-state index contributed by atoms with van der Waals surface area (Å²) in [4.78, 5) is 3.68. The number of aromatic nitrogens is 3. The number of nitrogens with two attached hydrogens (primary N) is 1. The first-order valence-corrected chi connectivity index (χ1v) is 4.24. The van der Waals surface area contributed by atoms with Gasteiger partial charge in [-0.15, -0.1) is 5.10 Å². The molecular formula is C9H8F2N4. The van der Waals surface area contributed by atoms with Crippen LogP contribution in [-0.4, -0.2) is 14.8 Å². The summed E-state index contributed by atoms with van der Waals surface area (Å²) in [5.74, 6) is -0.864. The minimum absolute atomic E-state index is 0.104. The molecule has 0 radical (unpaired) electrons. The standard InChI is InChI=1S/C9H8F2N4/c10-7-1-2-8(11)6(3-7)4-15-5-13-9(12)14-15/h1-3,5H,4H2,(H2,12,14). The number of anilines is 1. The fourth-order valence-electron chi connectivity index (χ4n) is 1.22. The second-order valence-corrected chi connectivity index (χ2v) is 3.04. The maximum absolute atomic E-state index is 13.2. The summed E-state index contributed by atoms with van der Waals surface area (Å²) in [5.41, 5.74) is 5.50. The fraction of sp³-hybridized carbons (Fsp3) is 0.111. The van der Waals surface area contributed by atoms with E-state index in [-0.39, 0.29) is 18.1 Å². The molecule has 0 aliphatic carbocycles. The summed E-state index contributed by atoms with van der Waals surface area (Å²) in [5, 5.41) is 3.77. The van der Waals surface area contributed by atoms with Gasteiger partial charge in [0.25, 0.3) is 0 Å². The van der Waals surface area contributed by atoms with E-state index in [1.54, 1.807) is 0 Å². The van der Waals surface area contributed by atoms with Crippen molar-refractivity contribution in [1.82, 2.24) is 14.8 Å². The number of hydrogen-bond acceptors (Lipinski definition) is 3. The second-order valence-electron chi connectivity index (χ2n) is 3.04. The van der Waals surface area contributed by atoms with Gasteiger partial charge in [-0.05, 0) is 18.2 Å². The molecule has 0 atom stereocenters. The molecule has 0 fully saturated rings. The van der Waals surface area contributed by atoms with Crippen molar-refractivity contribution in [2.24, 2.45) is 0 Å². The maximum Gasteiger partial charge on any atom is 0.239 e. The fourth-order valence-corrected chi connectivity index (χ4v) is 1.22. The Morgan fingerprint density at radius 1 is 1.33 bits per heavy atom. The Labute approximate surface area is 84.4 Å². The quantitative estimate of drug-likeness (QED) is 0.809. The molecule has 15 heavy (non-hydrogen) atoms. The predicted octanol–water partition coefficient (Wildman–Crippen LogP) is 1.19. The monoisotopic (exact) mass is 210 g/mol. The second kappa shape index (κ2) is 3.64. The van der Waals surface area contributed by atoms with Crippen LogP contribution in [0.15, 0.2) is 24.5 Å². The van der Waals surface area contributed by atoms with Gasteiger partial charge < -0.3 is 5.73 Å². The molecule has 1 aromatic carbocycles. The topological polar surface area (TPSA) is 56.7 Å². The number of rotatable bonds is 2. The lowest BCUT2D eigenvalue weighted by atomic mass is 10.2. The molecule has 78 valence electrons. The molecular weight excluding hydrogens is 202 g/mol. The molecule has 2 rings (SSSR count). The average molecular weight is 210 g/mol. The van der Waals surface area contributed by atoms with Crippen LogP contribution >= 0.6 is 0 Å². The highest BCUT2D eigenvalue weighted by molar-refractivity contribution is 5.19. The molecule has 0 spiro atoms. The highest BCUT2D eigenvalue weighted by atomic mass is 19.1. The third-order valence-corrected chi connectivity index (χ3v) is 1.89. The Morgan fingerprint density at radius 2 is 2.13 bits per heavy atom. The van der Waals surface area contributed by atoms with Crippen LogP contribution in [0, 0.1) is 11.6 Å². The van der Waals surface area contributed by atoms with Crippen LogP contribution in [0.3, 0.4) is 0 Å². The minimum atomic E-state index is -0.487. The lowest BCUT2D eigenvalue weighted by molar-refractivity contribution is 0.566. The van der Waals surface area contributed by atoms with Crippen molar-refractivity contribution in [2.75, 3.05) is 5.73 Å². The van der Waals surface area contributed by atoms with Gasteiger partial charge in [0.15, 0.2) is 0 Å². The smallest absolute Gasteiger partial charge is 0.239 e. The summed E-state index contributed by atoms with van der Waals surface area (Å²) in [6.07, 6.45) is 1.36. The zero-order valence-corrected chi connectivity index (χ0v) is 7.69. The first kappa shape index (κ1) is 9.57. The highest BCUT2D eigenvalue weighted by Crippen LogP contribution is 2.10. The average Bonchev–Trinajstić information content (AvgIpc) is 2.58. The van der Waals surface area contributed by atoms with E-state index >= 15 is 0 Å². The normalized spacial score (nSPS) is 10.5. The van der Waals surface area contributed by atoms with Crippen molar-refractivity contribution >= 4 is 5.95 Å². The van der Waals surface area contributed by atoms with E-state index in [1.807, 2.05) is 0 Å². The van der Waals surface area contributed by atoms with Gasteiger partial charge in [-0.1, -0.05) is 0 Å². The first-order valence-electron chi connectivity index (χ1n) is 4.24. The molecule has 0 aliphatic heterocycles. The van der Waals surface area contributed by atoms with Crippen LogP contribution in [0.4, 0.5) is 14.7 Å². The molecule has 0 bridgehead atoms. The van der Waals surface area contributed by atoms with E-state index < -0.39 is 11.6 Å². The van der Waals surface area contributed by atoms with E-state index in [4.69, 9.17) is 5.73 Å². The number of halogens is 2. The Morgan fingerprint density at radius 3 is 2.80 bits per heavy atom. The third kappa shape index (κ3) is 2.09. The van der Waals surface area contributed by atoms with Crippen molar-refractivity contribution in [2.45, 2.75) is 6.54 Å². The van der Waals surface area contributed by atoms with Crippen molar-refractivity contribution < 1.29 is 8.78 Å². The molecule has 4 nitrogen and oxygen atoms in total. The van der Waals surface area contributed by atoms with Crippen molar-refractivity contribution in [1.29, 1.82) is 0 Å². The van der Waals surface area contributed by atoms with Gasteiger partial charge in [-0.3, -0.25) is 0 Å². The minimum Gasteiger partial charge on any atom is -0.367 e. The number of nitrogen functional groups attached to an aromatic ring is 1. The van der Waals surface area contributed by atoms with Gasteiger partial charge in [-0.2, -0.15) is 0 Å². The van der Waals surface area contributed by atoms with E-state index in [1.165, 1.54) is 11.0 Å². The first-order chi connectivity index (χ1) is 7.15. The van der Waals surface area contributed by atoms with Crippen LogP contribution in [0.2, 0.25) is 0 Å². The molecule has 0 unspecified atom stereocenters. The van der Waals surface area contributed by atoms with Crippen molar-refractivity contribution in [3.05, 3.63) is 41.7 Å². The van der Waals surface area contributed by atoms with E-state index in [0.29, 0.717) is 0 Å². The summed E-state index contributed by atoms with van der Waals surface area (Å²) in [7, 11) is 0. The van der Waals surface area contributed by atoms with Crippen LogP contribution in [0.5, 0.6) is 0 Å².